The van der Waals surface area contributed by atoms with E-state index in [-0.39, 0.29) is 0 Å². The van der Waals surface area contributed by atoms with E-state index in [1.165, 1.54) is 25.9 Å². The third-order valence-electron chi connectivity index (χ3n) is 3.07. The molecule has 1 heterocycles. The maximum Gasteiger partial charge on any atom is 0.480 e. The zero-order valence-corrected chi connectivity index (χ0v) is 13.9. The molecular formula is C9H16F6N2O5S2. The van der Waals surface area contributed by atoms with E-state index < -0.39 is 31.1 Å². The molecule has 0 spiro atoms. The van der Waals surface area contributed by atoms with Crippen molar-refractivity contribution in [3.8, 4) is 0 Å². The first-order chi connectivity index (χ1) is 10.5. The van der Waals surface area contributed by atoms with Gasteiger partial charge in [-0.25, -0.2) is 16.8 Å². The second-order valence-corrected chi connectivity index (χ2v) is 8.56. The van der Waals surface area contributed by atoms with Gasteiger partial charge in [0.15, 0.2) is 20.0 Å². The van der Waals surface area contributed by atoms with Crippen molar-refractivity contribution >= 4 is 20.0 Å². The molecule has 0 aromatic rings. The molecule has 146 valence electrons. The Labute approximate surface area is 134 Å². The minimum absolute atomic E-state index is 0.344. The highest BCUT2D eigenvalue weighted by atomic mass is 32.3. The van der Waals surface area contributed by atoms with Gasteiger partial charge in [0.25, 0.3) is 0 Å². The number of nitrogens with zero attached hydrogens (tertiary/aromatic N) is 2. The molecule has 15 heteroatoms. The Hall–Kier alpha value is -0.640. The lowest BCUT2D eigenvalue weighted by Crippen LogP contribution is -2.42. The number of rotatable bonds is 4. The van der Waals surface area contributed by atoms with Crippen molar-refractivity contribution in [3.63, 3.8) is 0 Å². The van der Waals surface area contributed by atoms with E-state index in [0.29, 0.717) is 6.61 Å². The van der Waals surface area contributed by atoms with Crippen molar-refractivity contribution < 1.29 is 52.8 Å². The van der Waals surface area contributed by atoms with E-state index in [1.54, 1.807) is 0 Å². The summed E-state index contributed by atoms with van der Waals surface area (Å²) in [6, 6.07) is 0. The van der Waals surface area contributed by atoms with Gasteiger partial charge < -0.3 is 13.7 Å². The molecule has 24 heavy (non-hydrogen) atoms. The molecule has 1 aliphatic heterocycles. The first-order valence-corrected chi connectivity index (χ1v) is 9.17. The van der Waals surface area contributed by atoms with Crippen molar-refractivity contribution in [2.24, 2.45) is 0 Å². The Morgan fingerprint density at radius 1 is 0.917 bits per heavy atom. The van der Waals surface area contributed by atoms with Gasteiger partial charge >= 0.3 is 11.0 Å². The zero-order chi connectivity index (χ0) is 19.4. The van der Waals surface area contributed by atoms with Crippen molar-refractivity contribution in [2.45, 2.75) is 23.9 Å². The van der Waals surface area contributed by atoms with Gasteiger partial charge in [0.1, 0.15) is 6.54 Å². The molecule has 0 unspecified atom stereocenters. The lowest BCUT2D eigenvalue weighted by Gasteiger charge is -2.27. The van der Waals surface area contributed by atoms with Crippen LogP contribution < -0.4 is 0 Å². The largest absolute Gasteiger partial charge is 0.480 e. The van der Waals surface area contributed by atoms with Crippen LogP contribution in [0.15, 0.2) is 0 Å². The predicted molar refractivity (Wildman–Crippen MR) is 70.4 cm³/mol. The molecule has 1 aliphatic rings. The molecule has 1 saturated heterocycles. The Kier molecular flexibility index (Phi) is 7.51. The number of alkyl halides is 6. The van der Waals surface area contributed by atoms with Gasteiger partial charge in [-0.2, -0.15) is 26.3 Å². The quantitative estimate of drug-likeness (QED) is 0.556. The van der Waals surface area contributed by atoms with E-state index in [9.17, 15) is 43.2 Å². The van der Waals surface area contributed by atoms with Gasteiger partial charge in [0.05, 0.1) is 26.7 Å². The smallest absolute Gasteiger partial charge is 0.421 e. The highest BCUT2D eigenvalue weighted by Gasteiger charge is 2.46. The summed E-state index contributed by atoms with van der Waals surface area (Å²) in [6.45, 7) is 3.82. The summed E-state index contributed by atoms with van der Waals surface area (Å²) in [5.74, 6) is 0. The fourth-order valence-corrected chi connectivity index (χ4v) is 3.49. The first kappa shape index (κ1) is 23.4. The molecular weight excluding hydrogens is 394 g/mol. The van der Waals surface area contributed by atoms with Crippen LogP contribution in [0, 0.1) is 0 Å². The number of halogens is 6. The lowest BCUT2D eigenvalue weighted by atomic mass is 10.4. The third kappa shape index (κ3) is 6.70. The van der Waals surface area contributed by atoms with Crippen LogP contribution in [-0.4, -0.2) is 70.7 Å². The van der Waals surface area contributed by atoms with Crippen LogP contribution in [0.3, 0.4) is 0 Å². The molecule has 1 N–H and O–H groups in total. The average molecular weight is 410 g/mol. The third-order valence-corrected chi connectivity index (χ3v) is 5.81. The van der Waals surface area contributed by atoms with Crippen molar-refractivity contribution in [2.75, 3.05) is 33.3 Å². The summed E-state index contributed by atoms with van der Waals surface area (Å²) in [6.07, 6.45) is 2.69. The molecule has 0 amide bonds. The number of aliphatic hydroxyl groups excluding tert-OH is 1. The molecule has 0 aromatic heterocycles. The maximum atomic E-state index is 11.4. The number of sulfonamides is 2. The Morgan fingerprint density at radius 3 is 1.50 bits per heavy atom. The van der Waals surface area contributed by atoms with Crippen LogP contribution in [0.5, 0.6) is 0 Å². The molecule has 7 nitrogen and oxygen atoms in total. The number of hydrogen-bond acceptors (Lipinski definition) is 5. The second kappa shape index (κ2) is 7.72. The Bertz CT molecular complexity index is 565. The van der Waals surface area contributed by atoms with Crippen molar-refractivity contribution in [3.05, 3.63) is 4.13 Å². The molecule has 0 saturated carbocycles. The van der Waals surface area contributed by atoms with E-state index in [2.05, 4.69) is 7.05 Å². The van der Waals surface area contributed by atoms with Crippen LogP contribution in [-0.2, 0) is 20.0 Å². The van der Waals surface area contributed by atoms with Crippen LogP contribution in [0.1, 0.15) is 12.8 Å². The second-order valence-electron chi connectivity index (χ2n) is 5.14. The molecule has 0 aromatic carbocycles. The van der Waals surface area contributed by atoms with Gasteiger partial charge in [-0.05, 0) is 0 Å². The maximum absolute atomic E-state index is 11.4. The minimum Gasteiger partial charge on any atom is -0.421 e. The first-order valence-electron chi connectivity index (χ1n) is 6.29. The van der Waals surface area contributed by atoms with Gasteiger partial charge in [0, 0.05) is 12.8 Å². The fraction of sp³-hybridized carbons (Fsp3) is 1.00. The summed E-state index contributed by atoms with van der Waals surface area (Å²) in [5.41, 5.74) is -12.4. The van der Waals surface area contributed by atoms with Gasteiger partial charge in [-0.3, -0.25) is 0 Å². The molecule has 1 rings (SSSR count). The number of quaternary nitrogens is 1. The van der Waals surface area contributed by atoms with Crippen molar-refractivity contribution in [1.82, 2.24) is 0 Å². The highest BCUT2D eigenvalue weighted by molar-refractivity contribution is 8.13. The van der Waals surface area contributed by atoms with Gasteiger partial charge in [-0.1, -0.05) is 0 Å². The van der Waals surface area contributed by atoms with E-state index in [1.807, 2.05) is 0 Å². The summed E-state index contributed by atoms with van der Waals surface area (Å²) in [7, 11) is -11.2. The Morgan fingerprint density at radius 2 is 1.25 bits per heavy atom. The Balaban J connectivity index is 0.000000496. The summed E-state index contributed by atoms with van der Waals surface area (Å²) in [4.78, 5) is 0. The SMILES string of the molecule is C[N+]1(CCO)CCCC1.O=S(=O)([N-]S(=O)(=O)C(F)(F)F)C(F)(F)F. The lowest BCUT2D eigenvalue weighted by molar-refractivity contribution is -0.897. The molecule has 0 radical (unpaired) electrons. The van der Waals surface area contributed by atoms with E-state index >= 15 is 0 Å². The monoisotopic (exact) mass is 410 g/mol. The summed E-state index contributed by atoms with van der Waals surface area (Å²) >= 11 is 0. The van der Waals surface area contributed by atoms with E-state index in [4.69, 9.17) is 5.11 Å². The van der Waals surface area contributed by atoms with Crippen molar-refractivity contribution in [1.29, 1.82) is 0 Å². The topological polar surface area (TPSA) is 103 Å². The number of likely N-dealkylation sites (tertiary alicyclic amines) is 1. The number of likely N-dealkylation sites (N-methyl/N-ethyl adjacent to an activating group) is 1. The standard InChI is InChI=1S/C7H16NO.C2F6NO4S2/c1-8(6-7-9)4-2-3-5-8;3-1(4,5)14(10,11)9-15(12,13)2(6,7)8/h9H,2-7H2,1H3;/q+1;-1. The zero-order valence-electron chi connectivity index (χ0n) is 12.3. The molecule has 0 bridgehead atoms. The number of hydrogen-bond donors (Lipinski definition) is 1. The minimum atomic E-state index is -6.72. The van der Waals surface area contributed by atoms with Crippen LogP contribution in [0.25, 0.3) is 4.13 Å². The fourth-order valence-electron chi connectivity index (χ4n) is 1.78. The molecule has 1 fully saturated rings. The van der Waals surface area contributed by atoms with Crippen LogP contribution in [0.2, 0.25) is 0 Å². The normalized spacial score (nSPS) is 18.8. The number of aliphatic hydroxyl groups is 1. The van der Waals surface area contributed by atoms with Gasteiger partial charge in [-0.15, -0.1) is 0 Å². The highest BCUT2D eigenvalue weighted by Crippen LogP contribution is 2.36. The van der Waals surface area contributed by atoms with Crippen LogP contribution >= 0.6 is 0 Å². The van der Waals surface area contributed by atoms with Gasteiger partial charge in [0.2, 0.25) is 0 Å². The average Bonchev–Trinajstić information content (AvgIpc) is 2.72. The van der Waals surface area contributed by atoms with Crippen LogP contribution in [0.4, 0.5) is 26.3 Å². The molecule has 0 atom stereocenters. The summed E-state index contributed by atoms with van der Waals surface area (Å²) < 4.78 is 110. The summed E-state index contributed by atoms with van der Waals surface area (Å²) in [5, 5.41) is 8.68. The van der Waals surface area contributed by atoms with E-state index in [0.717, 1.165) is 15.2 Å². The predicted octanol–water partition coefficient (Wildman–Crippen LogP) is 1.28. The molecule has 0 aliphatic carbocycles.